The molecule has 0 unspecified atom stereocenters. The summed E-state index contributed by atoms with van der Waals surface area (Å²) in [5.74, 6) is 0. The number of nitrogens with one attached hydrogen (secondary N) is 1. The molecule has 1 N–H and O–H groups in total. The number of likely N-dealkylation sites (tertiary alicyclic amines) is 2. The molecular weight excluding hydrogens is 234 g/mol. The third-order valence-corrected chi connectivity index (χ3v) is 4.54. The Morgan fingerprint density at radius 1 is 1.00 bits per heavy atom. The van der Waals surface area contributed by atoms with Gasteiger partial charge in [-0.05, 0) is 72.8 Å². The summed E-state index contributed by atoms with van der Waals surface area (Å²) < 4.78 is 0. The van der Waals surface area contributed by atoms with Gasteiger partial charge in [0.05, 0.1) is 0 Å². The number of nitrogens with zero attached hydrogens (tertiary/aromatic N) is 2. The van der Waals surface area contributed by atoms with E-state index in [0.29, 0.717) is 0 Å². The first kappa shape index (κ1) is 15.0. The molecule has 3 nitrogen and oxygen atoms in total. The Balaban J connectivity index is 1.64. The molecule has 0 atom stereocenters. The average molecular weight is 265 g/mol. The molecule has 2 rings (SSSR count). The van der Waals surface area contributed by atoms with Crippen LogP contribution in [0.2, 0.25) is 0 Å². The van der Waals surface area contributed by atoms with Crippen molar-refractivity contribution >= 4 is 0 Å². The van der Waals surface area contributed by atoms with E-state index in [1.807, 2.05) is 0 Å². The first-order valence-electron chi connectivity index (χ1n) is 7.94. The van der Waals surface area contributed by atoms with Crippen LogP contribution in [0.15, 0.2) is 11.6 Å². The van der Waals surface area contributed by atoms with Gasteiger partial charge in [0.15, 0.2) is 0 Å². The van der Waals surface area contributed by atoms with Gasteiger partial charge in [0.1, 0.15) is 0 Å². The predicted octanol–water partition coefficient (Wildman–Crippen LogP) is 2.10. The minimum absolute atomic E-state index is 0.761. The van der Waals surface area contributed by atoms with E-state index in [4.69, 9.17) is 0 Å². The fourth-order valence-corrected chi connectivity index (χ4v) is 3.10. The zero-order valence-electron chi connectivity index (χ0n) is 13.0. The molecule has 0 bridgehead atoms. The van der Waals surface area contributed by atoms with Crippen LogP contribution in [0.5, 0.6) is 0 Å². The third kappa shape index (κ3) is 5.25. The normalized spacial score (nSPS) is 24.6. The molecule has 2 saturated heterocycles. The molecule has 0 radical (unpaired) electrons. The summed E-state index contributed by atoms with van der Waals surface area (Å²) in [6.07, 6.45) is 7.65. The van der Waals surface area contributed by atoms with Crippen molar-refractivity contribution in [1.29, 1.82) is 0 Å². The molecule has 2 fully saturated rings. The molecule has 0 aliphatic carbocycles. The van der Waals surface area contributed by atoms with E-state index in [0.717, 1.165) is 18.6 Å². The lowest BCUT2D eigenvalue weighted by Gasteiger charge is -2.36. The van der Waals surface area contributed by atoms with Crippen LogP contribution in [0, 0.1) is 0 Å². The van der Waals surface area contributed by atoms with Crippen LogP contribution in [-0.2, 0) is 0 Å². The van der Waals surface area contributed by atoms with Gasteiger partial charge in [-0.1, -0.05) is 11.6 Å². The second-order valence-corrected chi connectivity index (χ2v) is 6.60. The van der Waals surface area contributed by atoms with E-state index >= 15 is 0 Å². The van der Waals surface area contributed by atoms with Gasteiger partial charge in [-0.15, -0.1) is 0 Å². The largest absolute Gasteiger partial charge is 0.311 e. The Morgan fingerprint density at radius 3 is 2.05 bits per heavy atom. The lowest BCUT2D eigenvalue weighted by Crippen LogP contribution is -2.49. The fourth-order valence-electron chi connectivity index (χ4n) is 3.10. The zero-order chi connectivity index (χ0) is 13.7. The zero-order valence-corrected chi connectivity index (χ0v) is 13.0. The van der Waals surface area contributed by atoms with E-state index < -0.39 is 0 Å². The van der Waals surface area contributed by atoms with E-state index in [9.17, 15) is 0 Å². The molecule has 0 amide bonds. The first-order valence-corrected chi connectivity index (χ1v) is 7.94. The van der Waals surface area contributed by atoms with Crippen molar-refractivity contribution in [1.82, 2.24) is 15.1 Å². The molecule has 19 heavy (non-hydrogen) atoms. The van der Waals surface area contributed by atoms with Crippen molar-refractivity contribution in [3.63, 3.8) is 0 Å². The van der Waals surface area contributed by atoms with E-state index in [1.165, 1.54) is 57.4 Å². The maximum absolute atomic E-state index is 3.90. The second kappa shape index (κ2) is 7.41. The lowest BCUT2D eigenvalue weighted by atomic mass is 9.99. The van der Waals surface area contributed by atoms with Gasteiger partial charge in [0, 0.05) is 18.6 Å². The highest BCUT2D eigenvalue weighted by atomic mass is 15.2. The SMILES string of the molecule is CC(C)=CCN1CCC(NC2CCN(C)CC2)CC1. The molecule has 0 aromatic rings. The molecule has 0 saturated carbocycles. The standard InChI is InChI=1S/C16H31N3/c1-14(2)4-11-19-12-7-16(8-13-19)17-15-5-9-18(3)10-6-15/h4,15-17H,5-13H2,1-3H3. The highest BCUT2D eigenvalue weighted by Crippen LogP contribution is 2.15. The van der Waals surface area contributed by atoms with E-state index in [2.05, 4.69) is 42.1 Å². The summed E-state index contributed by atoms with van der Waals surface area (Å²) in [5.41, 5.74) is 1.44. The molecule has 3 heteroatoms. The molecule has 2 aliphatic heterocycles. The molecular formula is C16H31N3. The third-order valence-electron chi connectivity index (χ3n) is 4.54. The Hall–Kier alpha value is -0.380. The topological polar surface area (TPSA) is 18.5 Å². The Kier molecular flexibility index (Phi) is 5.86. The summed E-state index contributed by atoms with van der Waals surface area (Å²) >= 11 is 0. The van der Waals surface area contributed by atoms with Gasteiger partial charge in [0.25, 0.3) is 0 Å². The van der Waals surface area contributed by atoms with Crippen LogP contribution in [0.3, 0.4) is 0 Å². The van der Waals surface area contributed by atoms with Crippen LogP contribution >= 0.6 is 0 Å². The van der Waals surface area contributed by atoms with Crippen molar-refractivity contribution in [2.45, 2.75) is 51.6 Å². The monoisotopic (exact) mass is 265 g/mol. The number of rotatable bonds is 4. The van der Waals surface area contributed by atoms with E-state index in [1.54, 1.807) is 0 Å². The first-order chi connectivity index (χ1) is 9.13. The van der Waals surface area contributed by atoms with Crippen LogP contribution in [0.4, 0.5) is 0 Å². The lowest BCUT2D eigenvalue weighted by molar-refractivity contribution is 0.179. The number of piperidine rings is 2. The second-order valence-electron chi connectivity index (χ2n) is 6.60. The summed E-state index contributed by atoms with van der Waals surface area (Å²) in [6, 6.07) is 1.53. The van der Waals surface area contributed by atoms with Crippen LogP contribution in [0.1, 0.15) is 39.5 Å². The molecule has 0 aromatic carbocycles. The van der Waals surface area contributed by atoms with Crippen molar-refractivity contribution in [2.75, 3.05) is 39.8 Å². The van der Waals surface area contributed by atoms with Crippen molar-refractivity contribution in [2.24, 2.45) is 0 Å². The summed E-state index contributed by atoms with van der Waals surface area (Å²) in [4.78, 5) is 5.03. The van der Waals surface area contributed by atoms with Gasteiger partial charge in [-0.25, -0.2) is 0 Å². The Morgan fingerprint density at radius 2 is 1.53 bits per heavy atom. The maximum atomic E-state index is 3.90. The predicted molar refractivity (Wildman–Crippen MR) is 82.5 cm³/mol. The molecule has 2 aliphatic rings. The van der Waals surface area contributed by atoms with Crippen molar-refractivity contribution in [3.05, 3.63) is 11.6 Å². The molecule has 110 valence electrons. The van der Waals surface area contributed by atoms with Gasteiger partial charge in [-0.2, -0.15) is 0 Å². The van der Waals surface area contributed by atoms with Gasteiger partial charge < -0.3 is 10.2 Å². The molecule has 0 spiro atoms. The van der Waals surface area contributed by atoms with Crippen LogP contribution < -0.4 is 5.32 Å². The summed E-state index contributed by atoms with van der Waals surface area (Å²) in [5, 5.41) is 3.90. The number of hydrogen-bond donors (Lipinski definition) is 1. The van der Waals surface area contributed by atoms with Crippen LogP contribution in [0.25, 0.3) is 0 Å². The maximum Gasteiger partial charge on any atom is 0.0165 e. The number of allylic oxidation sites excluding steroid dienone is 1. The van der Waals surface area contributed by atoms with Crippen molar-refractivity contribution in [3.8, 4) is 0 Å². The highest BCUT2D eigenvalue weighted by molar-refractivity contribution is 4.96. The smallest absolute Gasteiger partial charge is 0.0165 e. The minimum Gasteiger partial charge on any atom is -0.311 e. The summed E-state index contributed by atoms with van der Waals surface area (Å²) in [6.45, 7) is 10.6. The van der Waals surface area contributed by atoms with Gasteiger partial charge in [-0.3, -0.25) is 4.90 Å². The molecule has 0 aromatic heterocycles. The minimum atomic E-state index is 0.761. The quantitative estimate of drug-likeness (QED) is 0.785. The Bertz CT molecular complexity index is 280. The molecule has 2 heterocycles. The number of hydrogen-bond acceptors (Lipinski definition) is 3. The highest BCUT2D eigenvalue weighted by Gasteiger charge is 2.23. The van der Waals surface area contributed by atoms with E-state index in [-0.39, 0.29) is 0 Å². The van der Waals surface area contributed by atoms with Gasteiger partial charge >= 0.3 is 0 Å². The summed E-state index contributed by atoms with van der Waals surface area (Å²) in [7, 11) is 2.23. The average Bonchev–Trinajstić information content (AvgIpc) is 2.40. The van der Waals surface area contributed by atoms with Crippen molar-refractivity contribution < 1.29 is 0 Å². The van der Waals surface area contributed by atoms with Crippen LogP contribution in [-0.4, -0.2) is 61.7 Å². The van der Waals surface area contributed by atoms with Gasteiger partial charge in [0.2, 0.25) is 0 Å². The Labute approximate surface area is 119 Å². The fraction of sp³-hybridized carbons (Fsp3) is 0.875.